The van der Waals surface area contributed by atoms with Crippen molar-refractivity contribution in [2.45, 2.75) is 18.9 Å². The summed E-state index contributed by atoms with van der Waals surface area (Å²) in [5.74, 6) is -0.693. The molecule has 1 amide bonds. The molecule has 1 aliphatic carbocycles. The van der Waals surface area contributed by atoms with Gasteiger partial charge in [-0.1, -0.05) is 11.6 Å². The van der Waals surface area contributed by atoms with Crippen molar-refractivity contribution in [1.82, 2.24) is 15.3 Å². The average molecular weight is 442 g/mol. The Morgan fingerprint density at radius 1 is 1.19 bits per heavy atom. The van der Waals surface area contributed by atoms with Gasteiger partial charge in [0.1, 0.15) is 5.82 Å². The van der Waals surface area contributed by atoms with Crippen molar-refractivity contribution in [2.24, 2.45) is 0 Å². The number of amides is 1. The summed E-state index contributed by atoms with van der Waals surface area (Å²) in [6.45, 7) is 0. The fourth-order valence-electron chi connectivity index (χ4n) is 3.15. The van der Waals surface area contributed by atoms with Crippen LogP contribution in [0, 0.1) is 5.82 Å². The molecule has 0 radical (unpaired) electrons. The highest BCUT2D eigenvalue weighted by Gasteiger charge is 2.25. The fourth-order valence-corrected chi connectivity index (χ4v) is 3.32. The SMILES string of the molecule is CN(C)c1nc(O)c(-c2cc(Cl)ccc2F)cc1Nc1ccncc1C(=O)NC1CC1. The molecule has 1 aromatic carbocycles. The van der Waals surface area contributed by atoms with Gasteiger partial charge in [0.15, 0.2) is 5.82 Å². The second-order valence-corrected chi connectivity index (χ2v) is 7.98. The first-order chi connectivity index (χ1) is 14.8. The van der Waals surface area contributed by atoms with Crippen LogP contribution in [0.15, 0.2) is 42.7 Å². The lowest BCUT2D eigenvalue weighted by atomic mass is 10.1. The molecule has 160 valence electrons. The smallest absolute Gasteiger partial charge is 0.255 e. The summed E-state index contributed by atoms with van der Waals surface area (Å²) in [5.41, 5.74) is 1.66. The predicted molar refractivity (Wildman–Crippen MR) is 119 cm³/mol. The number of nitrogens with one attached hydrogen (secondary N) is 2. The van der Waals surface area contributed by atoms with Crippen molar-refractivity contribution in [3.63, 3.8) is 0 Å². The lowest BCUT2D eigenvalue weighted by molar-refractivity contribution is 0.0951. The third-order valence-corrected chi connectivity index (χ3v) is 5.11. The van der Waals surface area contributed by atoms with Crippen LogP contribution in [-0.2, 0) is 0 Å². The molecule has 2 aromatic heterocycles. The average Bonchev–Trinajstić information content (AvgIpc) is 3.55. The van der Waals surface area contributed by atoms with Crippen molar-refractivity contribution >= 4 is 34.7 Å². The standard InChI is InChI=1S/C22H21ClFN5O2/c1-29(2)20-19(10-15(21(30)28-20)14-9-12(23)3-6-17(14)24)27-18-7-8-25-11-16(18)22(31)26-13-4-5-13/h3,6-11,13H,4-5H2,1-2H3,(H,25,27)(H,26,31)(H,28,30). The molecule has 1 aliphatic rings. The Balaban J connectivity index is 1.78. The minimum absolute atomic E-state index is 0.118. The Hall–Kier alpha value is -3.39. The number of anilines is 3. The van der Waals surface area contributed by atoms with Crippen molar-refractivity contribution in [3.05, 3.63) is 59.1 Å². The Bertz CT molecular complexity index is 1150. The van der Waals surface area contributed by atoms with Crippen molar-refractivity contribution in [2.75, 3.05) is 24.3 Å². The van der Waals surface area contributed by atoms with Crippen molar-refractivity contribution < 1.29 is 14.3 Å². The molecule has 3 N–H and O–H groups in total. The van der Waals surface area contributed by atoms with Gasteiger partial charge in [0.25, 0.3) is 5.91 Å². The van der Waals surface area contributed by atoms with Crippen LogP contribution < -0.4 is 15.5 Å². The first-order valence-corrected chi connectivity index (χ1v) is 10.1. The largest absolute Gasteiger partial charge is 0.493 e. The molecule has 9 heteroatoms. The van der Waals surface area contributed by atoms with Crippen molar-refractivity contribution in [3.8, 4) is 17.0 Å². The highest BCUT2D eigenvalue weighted by molar-refractivity contribution is 6.30. The van der Waals surface area contributed by atoms with E-state index in [9.17, 15) is 14.3 Å². The lowest BCUT2D eigenvalue weighted by Gasteiger charge is -2.20. The van der Waals surface area contributed by atoms with Crippen LogP contribution in [0.1, 0.15) is 23.2 Å². The Labute approximate surface area is 183 Å². The van der Waals surface area contributed by atoms with E-state index in [1.54, 1.807) is 37.3 Å². The number of nitrogens with zero attached hydrogens (tertiary/aromatic N) is 3. The molecule has 1 saturated carbocycles. The molecule has 0 saturated heterocycles. The minimum Gasteiger partial charge on any atom is -0.493 e. The Kier molecular flexibility index (Phi) is 5.65. The third-order valence-electron chi connectivity index (χ3n) is 4.87. The molecule has 0 atom stereocenters. The topological polar surface area (TPSA) is 90.4 Å². The van der Waals surface area contributed by atoms with E-state index in [1.165, 1.54) is 24.4 Å². The monoisotopic (exact) mass is 441 g/mol. The number of aromatic hydroxyl groups is 1. The molecule has 3 aromatic rings. The summed E-state index contributed by atoms with van der Waals surface area (Å²) >= 11 is 6.03. The molecule has 0 aliphatic heterocycles. The van der Waals surface area contributed by atoms with Gasteiger partial charge in [-0.05, 0) is 43.2 Å². The number of hydrogen-bond donors (Lipinski definition) is 3. The van der Waals surface area contributed by atoms with E-state index in [4.69, 9.17) is 11.6 Å². The van der Waals surface area contributed by atoms with Crippen LogP contribution in [0.25, 0.3) is 11.1 Å². The third kappa shape index (κ3) is 4.54. The predicted octanol–water partition coefficient (Wildman–Crippen LogP) is 4.34. The zero-order valence-electron chi connectivity index (χ0n) is 17.0. The van der Waals surface area contributed by atoms with Gasteiger partial charge in [0.2, 0.25) is 5.88 Å². The number of hydrogen-bond acceptors (Lipinski definition) is 6. The molecular weight excluding hydrogens is 421 g/mol. The van der Waals surface area contributed by atoms with Gasteiger partial charge in [0.05, 0.1) is 16.9 Å². The first-order valence-electron chi connectivity index (χ1n) is 9.72. The number of aromatic nitrogens is 2. The Morgan fingerprint density at radius 3 is 2.68 bits per heavy atom. The normalized spacial score (nSPS) is 13.0. The lowest BCUT2D eigenvalue weighted by Crippen LogP contribution is -2.26. The van der Waals surface area contributed by atoms with Gasteiger partial charge >= 0.3 is 0 Å². The van der Waals surface area contributed by atoms with Gasteiger partial charge in [-0.15, -0.1) is 0 Å². The molecule has 31 heavy (non-hydrogen) atoms. The molecule has 0 unspecified atom stereocenters. The zero-order chi connectivity index (χ0) is 22.1. The quantitative estimate of drug-likeness (QED) is 0.527. The van der Waals surface area contributed by atoms with Crippen LogP contribution in [-0.4, -0.2) is 41.1 Å². The summed E-state index contributed by atoms with van der Waals surface area (Å²) in [4.78, 5) is 22.6. The number of pyridine rings is 2. The molecule has 2 heterocycles. The first kappa shape index (κ1) is 20.9. The maximum Gasteiger partial charge on any atom is 0.255 e. The molecular formula is C22H21ClFN5O2. The van der Waals surface area contributed by atoms with Gasteiger partial charge in [-0.2, -0.15) is 4.98 Å². The van der Waals surface area contributed by atoms with E-state index in [1.807, 2.05) is 0 Å². The number of halogens is 2. The number of carbonyl (C=O) groups is 1. The summed E-state index contributed by atoms with van der Waals surface area (Å²) in [7, 11) is 3.53. The minimum atomic E-state index is -0.543. The van der Waals surface area contributed by atoms with E-state index < -0.39 is 5.82 Å². The van der Waals surface area contributed by atoms with Crippen LogP contribution in [0.5, 0.6) is 5.88 Å². The van der Waals surface area contributed by atoms with Crippen LogP contribution >= 0.6 is 11.6 Å². The number of benzene rings is 1. The Morgan fingerprint density at radius 2 is 1.97 bits per heavy atom. The molecule has 0 spiro atoms. The van der Waals surface area contributed by atoms with E-state index in [0.717, 1.165) is 12.8 Å². The van der Waals surface area contributed by atoms with E-state index >= 15 is 0 Å². The van der Waals surface area contributed by atoms with Crippen LogP contribution in [0.4, 0.5) is 21.6 Å². The molecule has 7 nitrogen and oxygen atoms in total. The second kappa shape index (κ2) is 8.39. The molecule has 0 bridgehead atoms. The number of carbonyl (C=O) groups excluding carboxylic acids is 1. The van der Waals surface area contributed by atoms with Gasteiger partial charge in [-0.25, -0.2) is 4.39 Å². The zero-order valence-corrected chi connectivity index (χ0v) is 17.7. The summed E-state index contributed by atoms with van der Waals surface area (Å²) in [6, 6.07) is 7.54. The summed E-state index contributed by atoms with van der Waals surface area (Å²) in [6.07, 6.45) is 4.99. The summed E-state index contributed by atoms with van der Waals surface area (Å²) in [5, 5.41) is 17.0. The van der Waals surface area contributed by atoms with Gasteiger partial charge < -0.3 is 20.6 Å². The maximum atomic E-state index is 14.5. The molecule has 1 fully saturated rings. The highest BCUT2D eigenvalue weighted by atomic mass is 35.5. The fraction of sp³-hybridized carbons (Fsp3) is 0.227. The second-order valence-electron chi connectivity index (χ2n) is 7.54. The molecule has 4 rings (SSSR count). The van der Waals surface area contributed by atoms with E-state index in [-0.39, 0.29) is 29.0 Å². The summed E-state index contributed by atoms with van der Waals surface area (Å²) < 4.78 is 14.5. The van der Waals surface area contributed by atoms with Gasteiger partial charge in [0, 0.05) is 48.7 Å². The van der Waals surface area contributed by atoms with E-state index in [2.05, 4.69) is 20.6 Å². The maximum absolute atomic E-state index is 14.5. The number of rotatable bonds is 6. The van der Waals surface area contributed by atoms with Gasteiger partial charge in [-0.3, -0.25) is 9.78 Å². The van der Waals surface area contributed by atoms with Crippen LogP contribution in [0.3, 0.4) is 0 Å². The van der Waals surface area contributed by atoms with Crippen molar-refractivity contribution in [1.29, 1.82) is 0 Å². The highest BCUT2D eigenvalue weighted by Crippen LogP contribution is 2.38. The van der Waals surface area contributed by atoms with E-state index in [0.29, 0.717) is 27.8 Å². The van der Waals surface area contributed by atoms with Crippen LogP contribution in [0.2, 0.25) is 5.02 Å².